The van der Waals surface area contributed by atoms with E-state index < -0.39 is 17.6 Å². The third-order valence-corrected chi connectivity index (χ3v) is 4.26. The fourth-order valence-electron chi connectivity index (χ4n) is 2.56. The van der Waals surface area contributed by atoms with Crippen molar-refractivity contribution < 1.29 is 27.5 Å². The number of nitrogens with one attached hydrogen (secondary N) is 1. The molecule has 1 aliphatic rings. The van der Waals surface area contributed by atoms with Crippen molar-refractivity contribution >= 4 is 29.1 Å². The summed E-state index contributed by atoms with van der Waals surface area (Å²) in [5.74, 6) is -0.588. The Hall–Kier alpha value is -1.84. The second-order valence-electron chi connectivity index (χ2n) is 5.83. The fraction of sp³-hybridized carbons (Fsp3) is 0.500. The summed E-state index contributed by atoms with van der Waals surface area (Å²) in [4.78, 5) is 27.3. The van der Waals surface area contributed by atoms with Crippen LogP contribution in [-0.2, 0) is 20.5 Å². The third kappa shape index (κ3) is 5.58. The van der Waals surface area contributed by atoms with Crippen LogP contribution < -0.4 is 5.32 Å². The van der Waals surface area contributed by atoms with Gasteiger partial charge in [0.1, 0.15) is 6.61 Å². The highest BCUT2D eigenvalue weighted by Gasteiger charge is 2.31. The molecule has 1 saturated heterocycles. The number of ether oxygens (including phenoxy) is 1. The van der Waals surface area contributed by atoms with Gasteiger partial charge in [-0.1, -0.05) is 11.6 Å². The number of halogens is 4. The molecule has 1 N–H and O–H groups in total. The van der Waals surface area contributed by atoms with Gasteiger partial charge in [-0.25, -0.2) is 0 Å². The zero-order valence-corrected chi connectivity index (χ0v) is 14.9. The molecule has 6 nitrogen and oxygen atoms in total. The molecule has 144 valence electrons. The highest BCUT2D eigenvalue weighted by molar-refractivity contribution is 6.33. The Morgan fingerprint density at radius 2 is 1.88 bits per heavy atom. The minimum atomic E-state index is -4.52. The summed E-state index contributed by atoms with van der Waals surface area (Å²) in [6.45, 7) is 1.89. The molecule has 0 aromatic heterocycles. The lowest BCUT2D eigenvalue weighted by atomic mass is 10.2. The van der Waals surface area contributed by atoms with Crippen molar-refractivity contribution in [2.75, 3.05) is 51.8 Å². The van der Waals surface area contributed by atoms with Crippen LogP contribution in [-0.4, -0.2) is 68.1 Å². The van der Waals surface area contributed by atoms with Crippen molar-refractivity contribution in [3.05, 3.63) is 28.8 Å². The fourth-order valence-corrected chi connectivity index (χ4v) is 2.73. The van der Waals surface area contributed by atoms with Crippen LogP contribution in [0.1, 0.15) is 5.56 Å². The molecule has 0 saturated carbocycles. The molecule has 0 unspecified atom stereocenters. The van der Waals surface area contributed by atoms with Crippen molar-refractivity contribution in [2.45, 2.75) is 6.18 Å². The van der Waals surface area contributed by atoms with Crippen molar-refractivity contribution in [3.8, 4) is 0 Å². The number of piperazine rings is 1. The van der Waals surface area contributed by atoms with E-state index in [2.05, 4.69) is 5.32 Å². The molecule has 1 aliphatic heterocycles. The van der Waals surface area contributed by atoms with E-state index in [1.54, 1.807) is 4.90 Å². The van der Waals surface area contributed by atoms with Crippen LogP contribution in [0.15, 0.2) is 18.2 Å². The number of carbonyl (C=O) groups excluding carboxylic acids is 2. The van der Waals surface area contributed by atoms with Crippen LogP contribution >= 0.6 is 11.6 Å². The molecule has 0 spiro atoms. The smallest absolute Gasteiger partial charge is 0.375 e. The number of alkyl halides is 3. The first-order valence-electron chi connectivity index (χ1n) is 7.86. The van der Waals surface area contributed by atoms with E-state index in [1.165, 1.54) is 7.11 Å². The van der Waals surface area contributed by atoms with Gasteiger partial charge in [0.05, 0.1) is 22.8 Å². The Labute approximate surface area is 153 Å². The molecule has 2 amide bonds. The van der Waals surface area contributed by atoms with Crippen LogP contribution in [0.3, 0.4) is 0 Å². The molecule has 1 aromatic carbocycles. The molecule has 1 fully saturated rings. The van der Waals surface area contributed by atoms with E-state index in [0.29, 0.717) is 26.2 Å². The lowest BCUT2D eigenvalue weighted by Gasteiger charge is -2.34. The number of benzene rings is 1. The summed E-state index contributed by atoms with van der Waals surface area (Å²) in [6.07, 6.45) is -4.52. The molecule has 2 rings (SSSR count). The number of hydrogen-bond donors (Lipinski definition) is 1. The van der Waals surface area contributed by atoms with Gasteiger partial charge < -0.3 is 15.0 Å². The zero-order chi connectivity index (χ0) is 19.3. The molecular weight excluding hydrogens is 375 g/mol. The van der Waals surface area contributed by atoms with Crippen LogP contribution in [0.5, 0.6) is 0 Å². The van der Waals surface area contributed by atoms with E-state index in [4.69, 9.17) is 16.3 Å². The van der Waals surface area contributed by atoms with Gasteiger partial charge >= 0.3 is 6.18 Å². The number of nitrogens with zero attached hydrogens (tertiary/aromatic N) is 2. The Kier molecular flexibility index (Phi) is 6.85. The highest BCUT2D eigenvalue weighted by Crippen LogP contribution is 2.33. The number of rotatable bonds is 5. The third-order valence-electron chi connectivity index (χ3n) is 3.93. The van der Waals surface area contributed by atoms with Crippen molar-refractivity contribution in [1.29, 1.82) is 0 Å². The molecule has 0 aliphatic carbocycles. The molecule has 10 heteroatoms. The lowest BCUT2D eigenvalue weighted by Crippen LogP contribution is -2.51. The predicted octanol–water partition coefficient (Wildman–Crippen LogP) is 2.09. The van der Waals surface area contributed by atoms with Crippen LogP contribution in [0, 0.1) is 0 Å². The van der Waals surface area contributed by atoms with Gasteiger partial charge in [0.25, 0.3) is 0 Å². The molecule has 0 atom stereocenters. The van der Waals surface area contributed by atoms with Crippen LogP contribution in [0.25, 0.3) is 0 Å². The Balaban J connectivity index is 1.89. The minimum Gasteiger partial charge on any atom is -0.375 e. The summed E-state index contributed by atoms with van der Waals surface area (Å²) in [5, 5.41) is 2.44. The predicted molar refractivity (Wildman–Crippen MR) is 90.0 cm³/mol. The summed E-state index contributed by atoms with van der Waals surface area (Å²) < 4.78 is 43.1. The monoisotopic (exact) mass is 393 g/mol. The van der Waals surface area contributed by atoms with Crippen molar-refractivity contribution in [3.63, 3.8) is 0 Å². The highest BCUT2D eigenvalue weighted by atomic mass is 35.5. The largest absolute Gasteiger partial charge is 0.416 e. The Morgan fingerprint density at radius 1 is 1.23 bits per heavy atom. The van der Waals surface area contributed by atoms with Crippen molar-refractivity contribution in [2.24, 2.45) is 0 Å². The quantitative estimate of drug-likeness (QED) is 0.832. The average Bonchev–Trinajstić information content (AvgIpc) is 2.56. The van der Waals surface area contributed by atoms with Gasteiger partial charge in [-0.2, -0.15) is 13.2 Å². The first-order valence-corrected chi connectivity index (χ1v) is 8.24. The van der Waals surface area contributed by atoms with E-state index in [1.807, 2.05) is 4.90 Å². The summed E-state index contributed by atoms with van der Waals surface area (Å²) in [5.41, 5.74) is -0.970. The van der Waals surface area contributed by atoms with Crippen LogP contribution in [0.4, 0.5) is 18.9 Å². The average molecular weight is 394 g/mol. The lowest BCUT2D eigenvalue weighted by molar-refractivity contribution is -0.138. The van der Waals surface area contributed by atoms with Crippen LogP contribution in [0.2, 0.25) is 5.02 Å². The molecule has 0 radical (unpaired) electrons. The number of amides is 2. The maximum atomic E-state index is 12.8. The first kappa shape index (κ1) is 20.5. The van der Waals surface area contributed by atoms with Gasteiger partial charge in [0.2, 0.25) is 11.8 Å². The number of carbonyl (C=O) groups is 2. The van der Waals surface area contributed by atoms with E-state index in [0.717, 1.165) is 18.2 Å². The first-order chi connectivity index (χ1) is 12.2. The summed E-state index contributed by atoms with van der Waals surface area (Å²) in [7, 11) is 1.44. The van der Waals surface area contributed by atoms with Gasteiger partial charge in [-0.3, -0.25) is 14.5 Å². The standard InChI is InChI=1S/C16H19ClF3N3O3/c1-26-10-15(25)23-6-4-22(5-7-23)9-14(24)21-13-8-11(16(18,19)20)2-3-12(13)17/h2-3,8H,4-7,9-10H2,1H3,(H,21,24). The number of methoxy groups -OCH3 is 1. The normalized spacial score (nSPS) is 15.8. The maximum Gasteiger partial charge on any atom is 0.416 e. The van der Waals surface area contributed by atoms with Gasteiger partial charge in [0, 0.05) is 33.3 Å². The Bertz CT molecular complexity index is 662. The van der Waals surface area contributed by atoms with Crippen molar-refractivity contribution in [1.82, 2.24) is 9.80 Å². The zero-order valence-electron chi connectivity index (χ0n) is 14.1. The minimum absolute atomic E-state index is 0.00111. The second-order valence-corrected chi connectivity index (χ2v) is 6.24. The molecule has 1 aromatic rings. The maximum absolute atomic E-state index is 12.8. The molecule has 0 bridgehead atoms. The Morgan fingerprint density at radius 3 is 2.46 bits per heavy atom. The SMILES string of the molecule is COCC(=O)N1CCN(CC(=O)Nc2cc(C(F)(F)F)ccc2Cl)CC1. The van der Waals surface area contributed by atoms with E-state index >= 15 is 0 Å². The van der Waals surface area contributed by atoms with Gasteiger partial charge in [0.15, 0.2) is 0 Å². The summed E-state index contributed by atoms with van der Waals surface area (Å²) >= 11 is 5.87. The topological polar surface area (TPSA) is 61.9 Å². The molecule has 26 heavy (non-hydrogen) atoms. The second kappa shape index (κ2) is 8.70. The van der Waals surface area contributed by atoms with Gasteiger partial charge in [-0.15, -0.1) is 0 Å². The number of anilines is 1. The molecular formula is C16H19ClF3N3O3. The number of hydrogen-bond acceptors (Lipinski definition) is 4. The molecule has 1 heterocycles. The van der Waals surface area contributed by atoms with E-state index in [-0.39, 0.29) is 29.8 Å². The van der Waals surface area contributed by atoms with E-state index in [9.17, 15) is 22.8 Å². The summed E-state index contributed by atoms with van der Waals surface area (Å²) in [6, 6.07) is 2.76. The van der Waals surface area contributed by atoms with Gasteiger partial charge in [-0.05, 0) is 18.2 Å².